The van der Waals surface area contributed by atoms with Gasteiger partial charge in [-0.2, -0.15) is 0 Å². The summed E-state index contributed by atoms with van der Waals surface area (Å²) in [4.78, 5) is 38.9. The maximum atomic E-state index is 12.3. The van der Waals surface area contributed by atoms with Crippen molar-refractivity contribution in [1.82, 2.24) is 4.98 Å². The Morgan fingerprint density at radius 2 is 1.70 bits per heavy atom. The van der Waals surface area contributed by atoms with E-state index in [2.05, 4.69) is 4.98 Å². The van der Waals surface area contributed by atoms with Crippen molar-refractivity contribution < 1.29 is 28.6 Å². The number of halogens is 1. The minimum atomic E-state index is -0.690. The maximum Gasteiger partial charge on any atom is 0.344 e. The van der Waals surface area contributed by atoms with E-state index in [1.807, 2.05) is 0 Å². The van der Waals surface area contributed by atoms with Crippen LogP contribution in [0.1, 0.15) is 39.0 Å². The average molecular weight is 394 g/mol. The Morgan fingerprint density at radius 3 is 2.33 bits per heavy atom. The first-order chi connectivity index (χ1) is 12.8. The lowest BCUT2D eigenvalue weighted by atomic mass is 10.1. The van der Waals surface area contributed by atoms with Crippen molar-refractivity contribution in [3.8, 4) is 5.75 Å². The smallest absolute Gasteiger partial charge is 0.344 e. The first-order valence-electron chi connectivity index (χ1n) is 8.27. The van der Waals surface area contributed by atoms with Gasteiger partial charge < -0.3 is 19.2 Å². The normalized spacial score (nSPS) is 10.4. The molecule has 7 nitrogen and oxygen atoms in total. The van der Waals surface area contributed by atoms with E-state index in [1.165, 1.54) is 0 Å². The second-order valence-corrected chi connectivity index (χ2v) is 6.11. The number of ether oxygens (including phenoxy) is 3. The molecule has 2 aromatic rings. The summed E-state index contributed by atoms with van der Waals surface area (Å²) in [5.74, 6) is -1.19. The predicted molar refractivity (Wildman–Crippen MR) is 98.5 cm³/mol. The molecule has 1 heterocycles. The molecule has 0 saturated carbocycles. The van der Waals surface area contributed by atoms with Gasteiger partial charge in [0.15, 0.2) is 13.2 Å². The Labute approximate surface area is 161 Å². The molecule has 0 aliphatic carbocycles. The van der Waals surface area contributed by atoms with Crippen LogP contribution in [0.3, 0.4) is 0 Å². The first kappa shape index (κ1) is 20.5. The zero-order valence-electron chi connectivity index (χ0n) is 15.3. The van der Waals surface area contributed by atoms with E-state index < -0.39 is 24.3 Å². The quantitative estimate of drug-likeness (QED) is 0.546. The van der Waals surface area contributed by atoms with Crippen LogP contribution < -0.4 is 4.74 Å². The minimum absolute atomic E-state index is 0.210. The fraction of sp³-hybridized carbons (Fsp3) is 0.316. The molecule has 8 heteroatoms. The van der Waals surface area contributed by atoms with E-state index in [9.17, 15) is 14.4 Å². The van der Waals surface area contributed by atoms with Gasteiger partial charge in [0, 0.05) is 10.7 Å². The highest BCUT2D eigenvalue weighted by Crippen LogP contribution is 2.20. The number of carbonyl (C=O) groups is 3. The van der Waals surface area contributed by atoms with E-state index in [-0.39, 0.29) is 18.9 Å². The molecule has 0 bridgehead atoms. The molecule has 1 aromatic heterocycles. The second kappa shape index (κ2) is 9.23. The number of carbonyl (C=O) groups excluding carboxylic acids is 3. The summed E-state index contributed by atoms with van der Waals surface area (Å²) in [7, 11) is 0. The third kappa shape index (κ3) is 5.34. The molecule has 144 valence electrons. The summed E-state index contributed by atoms with van der Waals surface area (Å²) in [6.45, 7) is 4.43. The molecule has 0 aliphatic rings. The van der Waals surface area contributed by atoms with Crippen LogP contribution in [0, 0.1) is 13.8 Å². The number of ketones is 1. The number of aromatic amines is 1. The van der Waals surface area contributed by atoms with Gasteiger partial charge in [-0.05, 0) is 50.6 Å². The van der Waals surface area contributed by atoms with E-state index in [0.717, 1.165) is 0 Å². The number of H-pyrrole nitrogens is 1. The lowest BCUT2D eigenvalue weighted by Gasteiger charge is -2.07. The molecule has 0 atom stereocenters. The highest BCUT2D eigenvalue weighted by molar-refractivity contribution is 6.30. The van der Waals surface area contributed by atoms with Crippen molar-refractivity contribution in [3.05, 3.63) is 51.8 Å². The predicted octanol–water partition coefficient (Wildman–Crippen LogP) is 3.27. The van der Waals surface area contributed by atoms with Gasteiger partial charge in [-0.15, -0.1) is 0 Å². The molecule has 1 N–H and O–H groups in total. The van der Waals surface area contributed by atoms with Gasteiger partial charge >= 0.3 is 11.9 Å². The number of hydrogen-bond acceptors (Lipinski definition) is 6. The molecular formula is C19H20ClNO6. The third-order valence-corrected chi connectivity index (χ3v) is 3.98. The van der Waals surface area contributed by atoms with Crippen LogP contribution in [0.5, 0.6) is 5.75 Å². The Bertz CT molecular complexity index is 841. The highest BCUT2D eigenvalue weighted by Gasteiger charge is 2.23. The van der Waals surface area contributed by atoms with Gasteiger partial charge in [0.05, 0.1) is 17.9 Å². The zero-order chi connectivity index (χ0) is 20.0. The number of benzene rings is 1. The number of aryl methyl sites for hydroxylation is 1. The van der Waals surface area contributed by atoms with Gasteiger partial charge in [-0.3, -0.25) is 4.79 Å². The summed E-state index contributed by atoms with van der Waals surface area (Å²) < 4.78 is 15.2. The number of rotatable bonds is 8. The number of aromatic nitrogens is 1. The van der Waals surface area contributed by atoms with Crippen molar-refractivity contribution in [3.63, 3.8) is 0 Å². The Balaban J connectivity index is 1.91. The lowest BCUT2D eigenvalue weighted by Crippen LogP contribution is -2.20. The molecule has 0 radical (unpaired) electrons. The minimum Gasteiger partial charge on any atom is -0.482 e. The maximum absolute atomic E-state index is 12.3. The number of esters is 2. The SMILES string of the molecule is CCOC(=O)c1c(C)[nH]c(C(=O)COC(=O)COc2ccc(Cl)cc2)c1C. The Hall–Kier alpha value is -2.80. The molecular weight excluding hydrogens is 374 g/mol. The summed E-state index contributed by atoms with van der Waals surface area (Å²) in [6.07, 6.45) is 0. The molecule has 0 fully saturated rings. The van der Waals surface area contributed by atoms with Crippen LogP contribution in [0.4, 0.5) is 0 Å². The fourth-order valence-corrected chi connectivity index (χ4v) is 2.60. The summed E-state index contributed by atoms with van der Waals surface area (Å²) in [5, 5.41) is 0.550. The van der Waals surface area contributed by atoms with Gasteiger partial charge in [-0.25, -0.2) is 9.59 Å². The molecule has 2 rings (SSSR count). The van der Waals surface area contributed by atoms with E-state index >= 15 is 0 Å². The molecule has 0 saturated heterocycles. The Kier molecular flexibility index (Phi) is 7.01. The fourth-order valence-electron chi connectivity index (χ4n) is 2.47. The summed E-state index contributed by atoms with van der Waals surface area (Å²) in [6, 6.07) is 6.48. The van der Waals surface area contributed by atoms with Crippen LogP contribution in [0.25, 0.3) is 0 Å². The molecule has 0 aliphatic heterocycles. The molecule has 0 unspecified atom stereocenters. The summed E-state index contributed by atoms with van der Waals surface area (Å²) >= 11 is 5.76. The first-order valence-corrected chi connectivity index (χ1v) is 8.64. The number of hydrogen-bond donors (Lipinski definition) is 1. The average Bonchev–Trinajstić information content (AvgIpc) is 2.93. The van der Waals surface area contributed by atoms with Crippen molar-refractivity contribution in [2.45, 2.75) is 20.8 Å². The Morgan fingerprint density at radius 1 is 1.04 bits per heavy atom. The van der Waals surface area contributed by atoms with Gasteiger partial charge in [0.2, 0.25) is 5.78 Å². The highest BCUT2D eigenvalue weighted by atomic mass is 35.5. The van der Waals surface area contributed by atoms with Crippen molar-refractivity contribution >= 4 is 29.3 Å². The monoisotopic (exact) mass is 393 g/mol. The largest absolute Gasteiger partial charge is 0.482 e. The van der Waals surface area contributed by atoms with E-state index in [4.69, 9.17) is 25.8 Å². The third-order valence-electron chi connectivity index (χ3n) is 3.73. The molecule has 0 amide bonds. The molecule has 0 spiro atoms. The van der Waals surface area contributed by atoms with E-state index in [0.29, 0.717) is 27.6 Å². The lowest BCUT2D eigenvalue weighted by molar-refractivity contribution is -0.144. The second-order valence-electron chi connectivity index (χ2n) is 5.67. The molecule has 1 aromatic carbocycles. The molecule has 27 heavy (non-hydrogen) atoms. The number of nitrogens with one attached hydrogen (secondary N) is 1. The summed E-state index contributed by atoms with van der Waals surface area (Å²) in [5.41, 5.74) is 1.51. The van der Waals surface area contributed by atoms with E-state index in [1.54, 1.807) is 45.0 Å². The van der Waals surface area contributed by atoms with Crippen LogP contribution in [-0.2, 0) is 14.3 Å². The zero-order valence-corrected chi connectivity index (χ0v) is 16.0. The van der Waals surface area contributed by atoms with Gasteiger partial charge in [-0.1, -0.05) is 11.6 Å². The van der Waals surface area contributed by atoms with Crippen LogP contribution in [0.15, 0.2) is 24.3 Å². The van der Waals surface area contributed by atoms with Crippen LogP contribution in [-0.4, -0.2) is 42.5 Å². The van der Waals surface area contributed by atoms with Crippen molar-refractivity contribution in [2.24, 2.45) is 0 Å². The van der Waals surface area contributed by atoms with Crippen molar-refractivity contribution in [2.75, 3.05) is 19.8 Å². The van der Waals surface area contributed by atoms with Gasteiger partial charge in [0.25, 0.3) is 0 Å². The number of Topliss-reactive ketones (excluding diaryl/α,β-unsaturated/α-hetero) is 1. The van der Waals surface area contributed by atoms with Crippen LogP contribution >= 0.6 is 11.6 Å². The van der Waals surface area contributed by atoms with Crippen LogP contribution in [0.2, 0.25) is 5.02 Å². The van der Waals surface area contributed by atoms with Gasteiger partial charge in [0.1, 0.15) is 5.75 Å². The standard InChI is InChI=1S/C19H20ClNO6/c1-4-25-19(24)17-11(2)18(21-12(17)3)15(22)9-27-16(23)10-26-14-7-5-13(20)6-8-14/h5-8,21H,4,9-10H2,1-3H3. The van der Waals surface area contributed by atoms with Crippen molar-refractivity contribution in [1.29, 1.82) is 0 Å². The topological polar surface area (TPSA) is 94.7 Å².